The average molecular weight is 473 g/mol. The van der Waals surface area contributed by atoms with Crippen molar-refractivity contribution in [3.05, 3.63) is 66.7 Å². The van der Waals surface area contributed by atoms with Crippen molar-refractivity contribution in [1.29, 1.82) is 0 Å². The van der Waals surface area contributed by atoms with Gasteiger partial charge in [-0.05, 0) is 47.3 Å². The van der Waals surface area contributed by atoms with Crippen LogP contribution in [0.2, 0.25) is 0 Å². The summed E-state index contributed by atoms with van der Waals surface area (Å²) in [6, 6.07) is 21.8. The predicted octanol–water partition coefficient (Wildman–Crippen LogP) is 6.28. The van der Waals surface area contributed by atoms with E-state index in [0.717, 1.165) is 43.3 Å². The fraction of sp³-hybridized carbons (Fsp3) is 0.148. The van der Waals surface area contributed by atoms with Crippen LogP contribution >= 0.6 is 11.8 Å². The molecule has 5 aromatic rings. The van der Waals surface area contributed by atoms with Gasteiger partial charge in [-0.15, -0.1) is 0 Å². The van der Waals surface area contributed by atoms with Crippen LogP contribution in [-0.4, -0.2) is 36.0 Å². The third kappa shape index (κ3) is 3.58. The molecule has 1 heterocycles. The van der Waals surface area contributed by atoms with Gasteiger partial charge in [0.05, 0.1) is 32.4 Å². The minimum Gasteiger partial charge on any atom is -0.504 e. The summed E-state index contributed by atoms with van der Waals surface area (Å²) in [4.78, 5) is 6.14. The monoisotopic (exact) mass is 472 g/mol. The SMILES string of the molecule is COc1ccc(-c2c3cc(OC)c(OC)c(O)c3cc3c2nc(Sc2ccccc2)n3C)cc1. The van der Waals surface area contributed by atoms with Gasteiger partial charge in [-0.25, -0.2) is 4.98 Å². The first-order chi connectivity index (χ1) is 16.5. The molecule has 0 saturated heterocycles. The zero-order valence-corrected chi connectivity index (χ0v) is 20.1. The summed E-state index contributed by atoms with van der Waals surface area (Å²) in [5.74, 6) is 1.56. The third-order valence-electron chi connectivity index (χ3n) is 5.90. The van der Waals surface area contributed by atoms with Gasteiger partial charge in [-0.3, -0.25) is 0 Å². The zero-order valence-electron chi connectivity index (χ0n) is 19.3. The molecule has 5 rings (SSSR count). The summed E-state index contributed by atoms with van der Waals surface area (Å²) in [5.41, 5.74) is 3.60. The summed E-state index contributed by atoms with van der Waals surface area (Å²) in [5, 5.41) is 13.5. The topological polar surface area (TPSA) is 65.7 Å². The van der Waals surface area contributed by atoms with E-state index >= 15 is 0 Å². The van der Waals surface area contributed by atoms with Crippen molar-refractivity contribution in [2.75, 3.05) is 21.3 Å². The maximum absolute atomic E-state index is 11.1. The molecular formula is C27H24N2O4S. The lowest BCUT2D eigenvalue weighted by Crippen LogP contribution is -1.95. The molecule has 6 nitrogen and oxygen atoms in total. The van der Waals surface area contributed by atoms with E-state index < -0.39 is 0 Å². The highest BCUT2D eigenvalue weighted by Crippen LogP contribution is 2.48. The standard InChI is InChI=1S/C27H24N2O4S/c1-29-21-14-20-19(15-22(32-3)26(33-4)25(20)30)23(16-10-12-17(31-2)13-11-16)24(21)28-27(29)34-18-8-6-5-7-9-18/h5-15,30H,1-4H3. The first-order valence-corrected chi connectivity index (χ1v) is 11.5. The number of aryl methyl sites for hydroxylation is 1. The van der Waals surface area contributed by atoms with Crippen LogP contribution in [0.5, 0.6) is 23.0 Å². The van der Waals surface area contributed by atoms with Crippen molar-refractivity contribution in [3.8, 4) is 34.1 Å². The van der Waals surface area contributed by atoms with E-state index in [1.807, 2.05) is 61.6 Å². The summed E-state index contributed by atoms with van der Waals surface area (Å²) in [6.45, 7) is 0. The lowest BCUT2D eigenvalue weighted by Gasteiger charge is -2.15. The van der Waals surface area contributed by atoms with E-state index in [1.165, 1.54) is 7.11 Å². The first kappa shape index (κ1) is 22.0. The highest BCUT2D eigenvalue weighted by molar-refractivity contribution is 7.99. The van der Waals surface area contributed by atoms with Crippen molar-refractivity contribution in [2.24, 2.45) is 7.05 Å². The summed E-state index contributed by atoms with van der Waals surface area (Å²) in [7, 11) is 6.71. The van der Waals surface area contributed by atoms with Crippen molar-refractivity contribution in [3.63, 3.8) is 0 Å². The van der Waals surface area contributed by atoms with Gasteiger partial charge in [0.15, 0.2) is 16.7 Å². The lowest BCUT2D eigenvalue weighted by molar-refractivity contribution is 0.335. The Balaban J connectivity index is 1.85. The molecule has 0 spiro atoms. The maximum atomic E-state index is 11.1. The Labute approximate surface area is 201 Å². The number of rotatable bonds is 6. The quantitative estimate of drug-likeness (QED) is 0.314. The molecule has 4 aromatic carbocycles. The van der Waals surface area contributed by atoms with Crippen LogP contribution in [0.4, 0.5) is 0 Å². The van der Waals surface area contributed by atoms with Gasteiger partial charge < -0.3 is 23.9 Å². The molecule has 34 heavy (non-hydrogen) atoms. The third-order valence-corrected chi connectivity index (χ3v) is 6.96. The largest absolute Gasteiger partial charge is 0.504 e. The van der Waals surface area contributed by atoms with Crippen molar-refractivity contribution in [1.82, 2.24) is 9.55 Å². The Morgan fingerprint density at radius 2 is 1.59 bits per heavy atom. The predicted molar refractivity (Wildman–Crippen MR) is 136 cm³/mol. The Bertz CT molecular complexity index is 1500. The van der Waals surface area contributed by atoms with Crippen molar-refractivity contribution >= 4 is 33.6 Å². The van der Waals surface area contributed by atoms with Crippen LogP contribution in [0.1, 0.15) is 0 Å². The number of fused-ring (bicyclic) bond motifs is 2. The molecule has 0 aliphatic rings. The van der Waals surface area contributed by atoms with Gasteiger partial charge in [0.2, 0.25) is 5.75 Å². The van der Waals surface area contributed by atoms with Crippen LogP contribution in [-0.2, 0) is 7.05 Å². The molecule has 0 saturated carbocycles. The summed E-state index contributed by atoms with van der Waals surface area (Å²) >= 11 is 1.60. The first-order valence-electron chi connectivity index (χ1n) is 10.7. The highest BCUT2D eigenvalue weighted by Gasteiger charge is 2.22. The molecule has 0 amide bonds. The van der Waals surface area contributed by atoms with E-state index in [-0.39, 0.29) is 5.75 Å². The molecule has 0 unspecified atom stereocenters. The molecule has 0 atom stereocenters. The molecule has 1 N–H and O–H groups in total. The number of nitrogens with zero attached hydrogens (tertiary/aromatic N) is 2. The number of aromatic hydroxyl groups is 1. The smallest absolute Gasteiger partial charge is 0.203 e. The van der Waals surface area contributed by atoms with Crippen LogP contribution in [0.15, 0.2) is 76.8 Å². The van der Waals surface area contributed by atoms with Gasteiger partial charge in [-0.1, -0.05) is 42.1 Å². The Morgan fingerprint density at radius 1 is 0.853 bits per heavy atom. The number of hydrogen-bond donors (Lipinski definition) is 1. The van der Waals surface area contributed by atoms with E-state index in [1.54, 1.807) is 26.0 Å². The molecule has 172 valence electrons. The fourth-order valence-electron chi connectivity index (χ4n) is 4.18. The Morgan fingerprint density at radius 3 is 2.24 bits per heavy atom. The Kier molecular flexibility index (Phi) is 5.71. The Hall–Kier alpha value is -3.84. The normalized spacial score (nSPS) is 11.2. The van der Waals surface area contributed by atoms with Gasteiger partial charge in [0.1, 0.15) is 5.75 Å². The second kappa shape index (κ2) is 8.83. The average Bonchev–Trinajstić information content (AvgIpc) is 3.18. The number of phenolic OH excluding ortho intramolecular Hbond substituents is 1. The number of imidazole rings is 1. The lowest BCUT2D eigenvalue weighted by atomic mass is 9.95. The molecule has 0 fully saturated rings. The zero-order chi connectivity index (χ0) is 23.8. The number of hydrogen-bond acceptors (Lipinski definition) is 6. The van der Waals surface area contributed by atoms with E-state index in [9.17, 15) is 5.11 Å². The minimum atomic E-state index is 0.0342. The number of aromatic nitrogens is 2. The molecule has 0 aliphatic heterocycles. The van der Waals surface area contributed by atoms with E-state index in [0.29, 0.717) is 16.9 Å². The van der Waals surface area contributed by atoms with Crippen molar-refractivity contribution in [2.45, 2.75) is 10.1 Å². The maximum Gasteiger partial charge on any atom is 0.203 e. The molecular weight excluding hydrogens is 448 g/mol. The van der Waals surface area contributed by atoms with Crippen LogP contribution < -0.4 is 14.2 Å². The van der Waals surface area contributed by atoms with Crippen LogP contribution in [0.3, 0.4) is 0 Å². The highest BCUT2D eigenvalue weighted by atomic mass is 32.2. The summed E-state index contributed by atoms with van der Waals surface area (Å²) < 4.78 is 18.4. The molecule has 0 radical (unpaired) electrons. The minimum absolute atomic E-state index is 0.0342. The molecule has 7 heteroatoms. The number of benzene rings is 4. The van der Waals surface area contributed by atoms with Gasteiger partial charge in [0.25, 0.3) is 0 Å². The van der Waals surface area contributed by atoms with Crippen molar-refractivity contribution < 1.29 is 19.3 Å². The van der Waals surface area contributed by atoms with E-state index in [4.69, 9.17) is 19.2 Å². The number of ether oxygens (including phenoxy) is 3. The van der Waals surface area contributed by atoms with Gasteiger partial charge in [-0.2, -0.15) is 0 Å². The molecule has 0 aliphatic carbocycles. The summed E-state index contributed by atoms with van der Waals surface area (Å²) in [6.07, 6.45) is 0. The number of phenols is 1. The molecule has 0 bridgehead atoms. The fourth-order valence-corrected chi connectivity index (χ4v) is 5.06. The van der Waals surface area contributed by atoms with Crippen LogP contribution in [0, 0.1) is 0 Å². The second-order valence-corrected chi connectivity index (χ2v) is 8.81. The molecule has 1 aromatic heterocycles. The van der Waals surface area contributed by atoms with Gasteiger partial charge in [0, 0.05) is 22.9 Å². The second-order valence-electron chi connectivity index (χ2n) is 7.77. The van der Waals surface area contributed by atoms with E-state index in [2.05, 4.69) is 16.7 Å². The van der Waals surface area contributed by atoms with Gasteiger partial charge >= 0.3 is 0 Å². The van der Waals surface area contributed by atoms with Crippen LogP contribution in [0.25, 0.3) is 32.9 Å². The number of methoxy groups -OCH3 is 3.